The van der Waals surface area contributed by atoms with Gasteiger partial charge in [-0.25, -0.2) is 4.79 Å². The quantitative estimate of drug-likeness (QED) is 0.708. The molecule has 0 aromatic heterocycles. The van der Waals surface area contributed by atoms with Crippen LogP contribution in [0.5, 0.6) is 0 Å². The second-order valence-corrected chi connectivity index (χ2v) is 8.62. The smallest absolute Gasteiger partial charge is 0.335 e. The molecule has 1 fully saturated rings. The zero-order valence-electron chi connectivity index (χ0n) is 17.3. The topological polar surface area (TPSA) is 84.9 Å². The summed E-state index contributed by atoms with van der Waals surface area (Å²) in [5.41, 5.74) is 0.961. The number of carboxylic acids is 1. The summed E-state index contributed by atoms with van der Waals surface area (Å²) in [4.78, 5) is 23.9. The van der Waals surface area contributed by atoms with Crippen LogP contribution in [0.2, 0.25) is 0 Å². The fourth-order valence-electron chi connectivity index (χ4n) is 3.89. The lowest BCUT2D eigenvalue weighted by atomic mass is 9.71. The van der Waals surface area contributed by atoms with E-state index in [0.29, 0.717) is 16.9 Å². The Labute approximate surface area is 167 Å². The van der Waals surface area contributed by atoms with Crippen molar-refractivity contribution in [2.45, 2.75) is 64.7 Å². The molecule has 1 aromatic carbocycles. The first kappa shape index (κ1) is 22.4. The molecule has 0 heterocycles. The predicted molar refractivity (Wildman–Crippen MR) is 107 cm³/mol. The van der Waals surface area contributed by atoms with E-state index >= 15 is 0 Å². The van der Waals surface area contributed by atoms with Crippen LogP contribution >= 0.6 is 0 Å². The highest BCUT2D eigenvalue weighted by molar-refractivity contribution is 5.78. The molecule has 28 heavy (non-hydrogen) atoms. The number of ether oxygens (including phenoxy) is 2. The molecule has 1 saturated carbocycles. The van der Waals surface area contributed by atoms with E-state index in [0.717, 1.165) is 25.7 Å². The Bertz CT molecular complexity index is 632. The number of amides is 1. The van der Waals surface area contributed by atoms with Crippen molar-refractivity contribution in [2.24, 2.45) is 11.3 Å². The number of nitrogens with one attached hydrogen (secondary N) is 1. The molecule has 2 unspecified atom stereocenters. The summed E-state index contributed by atoms with van der Waals surface area (Å²) in [5, 5.41) is 12.4. The highest BCUT2D eigenvalue weighted by atomic mass is 16.6. The molecule has 6 heteroatoms. The molecule has 2 rings (SSSR count). The highest BCUT2D eigenvalue weighted by Gasteiger charge is 2.32. The summed E-state index contributed by atoms with van der Waals surface area (Å²) in [7, 11) is 1.33. The first-order valence-electron chi connectivity index (χ1n) is 9.94. The van der Waals surface area contributed by atoms with E-state index in [2.05, 4.69) is 26.1 Å². The fraction of sp³-hybridized carbons (Fsp3) is 0.636. The number of carbonyl (C=O) groups excluding carboxylic acids is 1. The monoisotopic (exact) mass is 391 g/mol. The number of methoxy groups -OCH3 is 1. The molecular formula is C22H33NO5. The number of benzene rings is 1. The second kappa shape index (κ2) is 10.0. The fourth-order valence-corrected chi connectivity index (χ4v) is 3.89. The maximum Gasteiger partial charge on any atom is 0.335 e. The van der Waals surface area contributed by atoms with E-state index in [4.69, 9.17) is 9.47 Å². The summed E-state index contributed by atoms with van der Waals surface area (Å²) in [6, 6.07) is 9.13. The molecular weight excluding hydrogens is 358 g/mol. The van der Waals surface area contributed by atoms with Crippen molar-refractivity contribution in [1.29, 1.82) is 0 Å². The van der Waals surface area contributed by atoms with Gasteiger partial charge in [0, 0.05) is 13.2 Å². The van der Waals surface area contributed by atoms with Crippen LogP contribution in [0, 0.1) is 11.3 Å². The largest absolute Gasteiger partial charge is 0.479 e. The van der Waals surface area contributed by atoms with Crippen molar-refractivity contribution in [3.63, 3.8) is 0 Å². The lowest BCUT2D eigenvalue weighted by Crippen LogP contribution is -2.42. The van der Waals surface area contributed by atoms with Crippen LogP contribution in [-0.4, -0.2) is 42.8 Å². The first-order chi connectivity index (χ1) is 13.2. The number of hydrogen-bond donors (Lipinski definition) is 2. The van der Waals surface area contributed by atoms with Crippen molar-refractivity contribution in [3.05, 3.63) is 35.9 Å². The zero-order chi connectivity index (χ0) is 20.7. The lowest BCUT2D eigenvalue weighted by molar-refractivity contribution is -0.161. The minimum atomic E-state index is -1.18. The summed E-state index contributed by atoms with van der Waals surface area (Å²) in [6.45, 7) is 6.60. The van der Waals surface area contributed by atoms with Gasteiger partial charge in [-0.3, -0.25) is 4.79 Å². The minimum absolute atomic E-state index is 0.155. The van der Waals surface area contributed by atoms with E-state index in [1.807, 2.05) is 6.07 Å². The maximum absolute atomic E-state index is 12.4. The van der Waals surface area contributed by atoms with Crippen molar-refractivity contribution in [3.8, 4) is 0 Å². The van der Waals surface area contributed by atoms with Gasteiger partial charge in [0.25, 0.3) is 0 Å². The maximum atomic E-state index is 12.4. The summed E-state index contributed by atoms with van der Waals surface area (Å²) in [6.07, 6.45) is 2.10. The number of carbonyl (C=O) groups is 2. The molecule has 1 aliphatic carbocycles. The average molecular weight is 392 g/mol. The SMILES string of the molecule is COC(C(=O)O)C(OCC(=O)NC1CCC(C(C)(C)C)CC1)c1ccccc1. The van der Waals surface area contributed by atoms with Gasteiger partial charge in [-0.1, -0.05) is 51.1 Å². The Morgan fingerprint density at radius 3 is 2.25 bits per heavy atom. The van der Waals surface area contributed by atoms with Gasteiger partial charge in [-0.2, -0.15) is 0 Å². The molecule has 0 aliphatic heterocycles. The van der Waals surface area contributed by atoms with Crippen molar-refractivity contribution in [2.75, 3.05) is 13.7 Å². The molecule has 156 valence electrons. The van der Waals surface area contributed by atoms with Crippen LogP contribution in [-0.2, 0) is 19.1 Å². The van der Waals surface area contributed by atoms with Crippen molar-refractivity contribution >= 4 is 11.9 Å². The Balaban J connectivity index is 1.90. The molecule has 2 N–H and O–H groups in total. The Hall–Kier alpha value is -1.92. The summed E-state index contributed by atoms with van der Waals surface area (Å²) in [5.74, 6) is -0.671. The van der Waals surface area contributed by atoms with Crippen LogP contribution < -0.4 is 5.32 Å². The number of hydrogen-bond acceptors (Lipinski definition) is 4. The molecule has 1 aromatic rings. The Morgan fingerprint density at radius 1 is 1.14 bits per heavy atom. The number of carboxylic acid groups (broad SMARTS) is 1. The zero-order valence-corrected chi connectivity index (χ0v) is 17.3. The molecule has 2 atom stereocenters. The van der Waals surface area contributed by atoms with Crippen LogP contribution in [0.3, 0.4) is 0 Å². The van der Waals surface area contributed by atoms with Crippen molar-refractivity contribution < 1.29 is 24.2 Å². The summed E-state index contributed by atoms with van der Waals surface area (Å²) >= 11 is 0. The van der Waals surface area contributed by atoms with E-state index in [1.165, 1.54) is 7.11 Å². The van der Waals surface area contributed by atoms with E-state index in [-0.39, 0.29) is 18.6 Å². The number of rotatable bonds is 8. The van der Waals surface area contributed by atoms with Crippen LogP contribution in [0.4, 0.5) is 0 Å². The lowest BCUT2D eigenvalue weighted by Gasteiger charge is -2.37. The van der Waals surface area contributed by atoms with Crippen LogP contribution in [0.1, 0.15) is 58.1 Å². The van der Waals surface area contributed by atoms with Gasteiger partial charge in [0.05, 0.1) is 0 Å². The van der Waals surface area contributed by atoms with Gasteiger partial charge in [-0.05, 0) is 42.6 Å². The molecule has 1 aliphatic rings. The standard InChI is InChI=1S/C22H33NO5/c1-22(2,3)16-10-12-17(13-11-16)23-18(24)14-28-19(20(27-4)21(25)26)15-8-6-5-7-9-15/h5-9,16-17,19-20H,10-14H2,1-4H3,(H,23,24)(H,25,26). The van der Waals surface area contributed by atoms with E-state index in [9.17, 15) is 14.7 Å². The van der Waals surface area contributed by atoms with Gasteiger partial charge >= 0.3 is 5.97 Å². The van der Waals surface area contributed by atoms with Gasteiger partial charge in [0.1, 0.15) is 12.7 Å². The molecule has 1 amide bonds. The highest BCUT2D eigenvalue weighted by Crippen LogP contribution is 2.37. The predicted octanol–water partition coefficient (Wildman–Crippen LogP) is 3.57. The molecule has 0 bridgehead atoms. The first-order valence-corrected chi connectivity index (χ1v) is 9.94. The summed E-state index contributed by atoms with van der Waals surface area (Å²) < 4.78 is 10.8. The molecule has 0 spiro atoms. The second-order valence-electron chi connectivity index (χ2n) is 8.62. The van der Waals surface area contributed by atoms with Gasteiger partial charge < -0.3 is 19.9 Å². The van der Waals surface area contributed by atoms with Crippen LogP contribution in [0.25, 0.3) is 0 Å². The van der Waals surface area contributed by atoms with Crippen LogP contribution in [0.15, 0.2) is 30.3 Å². The van der Waals surface area contributed by atoms with Gasteiger partial charge in [0.2, 0.25) is 5.91 Å². The Morgan fingerprint density at radius 2 is 1.75 bits per heavy atom. The van der Waals surface area contributed by atoms with Gasteiger partial charge in [0.15, 0.2) is 6.10 Å². The molecule has 0 saturated heterocycles. The third kappa shape index (κ3) is 6.31. The normalized spacial score (nSPS) is 22.3. The van der Waals surface area contributed by atoms with E-state index in [1.54, 1.807) is 24.3 Å². The molecule has 0 radical (unpaired) electrons. The van der Waals surface area contributed by atoms with Gasteiger partial charge in [-0.15, -0.1) is 0 Å². The third-order valence-electron chi connectivity index (χ3n) is 5.61. The minimum Gasteiger partial charge on any atom is -0.479 e. The Kier molecular flexibility index (Phi) is 8.01. The van der Waals surface area contributed by atoms with Crippen molar-refractivity contribution in [1.82, 2.24) is 5.32 Å². The number of aliphatic carboxylic acids is 1. The van der Waals surface area contributed by atoms with E-state index < -0.39 is 18.2 Å². The molecule has 6 nitrogen and oxygen atoms in total. The average Bonchev–Trinajstić information content (AvgIpc) is 2.65. The third-order valence-corrected chi connectivity index (χ3v) is 5.61.